The van der Waals surface area contributed by atoms with E-state index in [2.05, 4.69) is 6.07 Å². The van der Waals surface area contributed by atoms with E-state index in [1.807, 2.05) is 30.3 Å². The predicted octanol–water partition coefficient (Wildman–Crippen LogP) is 4.21. The van der Waals surface area contributed by atoms with Crippen molar-refractivity contribution < 1.29 is 4.74 Å². The fraction of sp³-hybridized carbons (Fsp3) is 0.0625. The maximum atomic E-state index is 9.43. The van der Waals surface area contributed by atoms with Crippen LogP contribution in [0.3, 0.4) is 0 Å². The first kappa shape index (κ1) is 13.8. The molecule has 0 saturated carbocycles. The van der Waals surface area contributed by atoms with Crippen molar-refractivity contribution in [2.75, 3.05) is 0 Å². The monoisotopic (exact) mass is 316 g/mol. The Hall–Kier alpha value is -2.15. The second-order valence-corrected chi connectivity index (χ2v) is 5.47. The number of rotatable bonds is 1. The smallest absolute Gasteiger partial charge is 0.205 e. The molecule has 104 valence electrons. The van der Waals surface area contributed by atoms with Gasteiger partial charge >= 0.3 is 0 Å². The summed E-state index contributed by atoms with van der Waals surface area (Å²) in [5.74, 6) is 0.377. The number of nitriles is 1. The van der Waals surface area contributed by atoms with Gasteiger partial charge in [-0.25, -0.2) is 0 Å². The zero-order valence-corrected chi connectivity index (χ0v) is 12.3. The second kappa shape index (κ2) is 5.33. The fourth-order valence-electron chi connectivity index (χ4n) is 2.46. The number of fused-ring (bicyclic) bond motifs is 1. The van der Waals surface area contributed by atoms with Crippen LogP contribution in [0.4, 0.5) is 0 Å². The molecule has 2 N–H and O–H groups in total. The van der Waals surface area contributed by atoms with Crippen LogP contribution >= 0.6 is 23.2 Å². The third kappa shape index (κ3) is 2.33. The molecule has 1 aliphatic heterocycles. The van der Waals surface area contributed by atoms with Crippen molar-refractivity contribution >= 4 is 23.2 Å². The summed E-state index contributed by atoms with van der Waals surface area (Å²) in [7, 11) is 0. The highest BCUT2D eigenvalue weighted by Crippen LogP contribution is 2.44. The van der Waals surface area contributed by atoms with Gasteiger partial charge in [-0.05, 0) is 23.8 Å². The molecule has 0 bridgehead atoms. The third-order valence-corrected chi connectivity index (χ3v) is 3.96. The van der Waals surface area contributed by atoms with E-state index in [1.54, 1.807) is 12.1 Å². The van der Waals surface area contributed by atoms with Crippen molar-refractivity contribution in [2.45, 2.75) is 5.92 Å². The molecule has 0 fully saturated rings. The molecule has 1 unspecified atom stereocenters. The summed E-state index contributed by atoms with van der Waals surface area (Å²) in [4.78, 5) is 0. The Morgan fingerprint density at radius 1 is 1.10 bits per heavy atom. The highest BCUT2D eigenvalue weighted by Gasteiger charge is 2.31. The number of halogens is 2. The number of para-hydroxylation sites is 1. The maximum absolute atomic E-state index is 9.43. The summed E-state index contributed by atoms with van der Waals surface area (Å²) >= 11 is 12.2. The van der Waals surface area contributed by atoms with Crippen molar-refractivity contribution in [1.82, 2.24) is 0 Å². The van der Waals surface area contributed by atoms with Crippen LogP contribution in [0.1, 0.15) is 17.0 Å². The Kier molecular flexibility index (Phi) is 3.50. The first-order valence-corrected chi connectivity index (χ1v) is 6.99. The summed E-state index contributed by atoms with van der Waals surface area (Å²) in [6, 6.07) is 14.8. The first-order chi connectivity index (χ1) is 10.1. The molecule has 2 aromatic rings. The molecule has 0 aromatic heterocycles. The van der Waals surface area contributed by atoms with Crippen molar-refractivity contribution in [2.24, 2.45) is 5.73 Å². The lowest BCUT2D eigenvalue weighted by Crippen LogP contribution is -2.21. The SMILES string of the molecule is N#CC1=C(N)Oc2ccccc2C1c1ccc(Cl)cc1Cl. The van der Waals surface area contributed by atoms with Gasteiger partial charge in [0.05, 0.1) is 5.92 Å². The van der Waals surface area contributed by atoms with Gasteiger partial charge < -0.3 is 10.5 Å². The lowest BCUT2D eigenvalue weighted by atomic mass is 9.83. The Labute approximate surface area is 132 Å². The third-order valence-electron chi connectivity index (χ3n) is 3.40. The number of hydrogen-bond acceptors (Lipinski definition) is 3. The number of allylic oxidation sites excluding steroid dienone is 1. The standard InChI is InChI=1S/C16H10Cl2N2O/c17-9-5-6-10(13(18)7-9)15-11-3-1-2-4-14(11)21-16(20)12(15)8-19/h1-7,15H,20H2. The van der Waals surface area contributed by atoms with Gasteiger partial charge in [0.25, 0.3) is 0 Å². The van der Waals surface area contributed by atoms with E-state index < -0.39 is 0 Å². The van der Waals surface area contributed by atoms with Gasteiger partial charge in [-0.15, -0.1) is 0 Å². The summed E-state index contributed by atoms with van der Waals surface area (Å²) in [6.45, 7) is 0. The minimum Gasteiger partial charge on any atom is -0.440 e. The largest absolute Gasteiger partial charge is 0.440 e. The van der Waals surface area contributed by atoms with E-state index in [1.165, 1.54) is 0 Å². The normalized spacial score (nSPS) is 16.9. The zero-order chi connectivity index (χ0) is 15.0. The van der Waals surface area contributed by atoms with Gasteiger partial charge in [-0.3, -0.25) is 0 Å². The molecule has 0 radical (unpaired) electrons. The van der Waals surface area contributed by atoms with E-state index in [0.29, 0.717) is 21.4 Å². The summed E-state index contributed by atoms with van der Waals surface area (Å²) in [5, 5.41) is 10.5. The number of ether oxygens (including phenoxy) is 1. The molecule has 0 amide bonds. The number of nitrogens with zero attached hydrogens (tertiary/aromatic N) is 1. The molecule has 1 atom stereocenters. The number of nitrogens with two attached hydrogens (primary N) is 1. The first-order valence-electron chi connectivity index (χ1n) is 6.23. The van der Waals surface area contributed by atoms with Gasteiger partial charge in [0.15, 0.2) is 0 Å². The minimum absolute atomic E-state index is 0.104. The van der Waals surface area contributed by atoms with Crippen LogP contribution < -0.4 is 10.5 Å². The Bertz CT molecular complexity index is 793. The molecule has 2 aromatic carbocycles. The van der Waals surface area contributed by atoms with E-state index in [4.69, 9.17) is 33.7 Å². The molecule has 1 heterocycles. The van der Waals surface area contributed by atoms with Crippen LogP contribution in [0, 0.1) is 11.3 Å². The van der Waals surface area contributed by atoms with Crippen LogP contribution in [-0.4, -0.2) is 0 Å². The molecule has 21 heavy (non-hydrogen) atoms. The Morgan fingerprint density at radius 2 is 1.86 bits per heavy atom. The molecule has 5 heteroatoms. The minimum atomic E-state index is -0.357. The van der Waals surface area contributed by atoms with Crippen LogP contribution in [0.15, 0.2) is 53.9 Å². The molecular formula is C16H10Cl2N2O. The van der Waals surface area contributed by atoms with Crippen LogP contribution in [0.5, 0.6) is 5.75 Å². The molecule has 3 nitrogen and oxygen atoms in total. The van der Waals surface area contributed by atoms with E-state index in [-0.39, 0.29) is 11.8 Å². The van der Waals surface area contributed by atoms with Gasteiger partial charge in [-0.2, -0.15) is 5.26 Å². The number of hydrogen-bond donors (Lipinski definition) is 1. The topological polar surface area (TPSA) is 59.0 Å². The van der Waals surface area contributed by atoms with Crippen molar-refractivity contribution in [1.29, 1.82) is 5.26 Å². The highest BCUT2D eigenvalue weighted by molar-refractivity contribution is 6.35. The fourth-order valence-corrected chi connectivity index (χ4v) is 2.98. The summed E-state index contributed by atoms with van der Waals surface area (Å²) in [6.07, 6.45) is 0. The molecule has 1 aliphatic rings. The van der Waals surface area contributed by atoms with Crippen LogP contribution in [0.2, 0.25) is 10.0 Å². The molecule has 3 rings (SSSR count). The van der Waals surface area contributed by atoms with Crippen molar-refractivity contribution in [3.8, 4) is 11.8 Å². The van der Waals surface area contributed by atoms with E-state index >= 15 is 0 Å². The summed E-state index contributed by atoms with van der Waals surface area (Å²) in [5.41, 5.74) is 7.85. The van der Waals surface area contributed by atoms with Gasteiger partial charge in [-0.1, -0.05) is 47.5 Å². The molecular weight excluding hydrogens is 307 g/mol. The Balaban J connectivity index is 2.25. The maximum Gasteiger partial charge on any atom is 0.205 e. The van der Waals surface area contributed by atoms with Crippen LogP contribution in [0.25, 0.3) is 0 Å². The van der Waals surface area contributed by atoms with Gasteiger partial charge in [0, 0.05) is 15.6 Å². The summed E-state index contributed by atoms with van der Waals surface area (Å²) < 4.78 is 5.52. The van der Waals surface area contributed by atoms with E-state index in [0.717, 1.165) is 11.1 Å². The number of benzene rings is 2. The lowest BCUT2D eigenvalue weighted by molar-refractivity contribution is 0.393. The average Bonchev–Trinajstić information content (AvgIpc) is 2.46. The molecule has 0 spiro atoms. The van der Waals surface area contributed by atoms with Crippen molar-refractivity contribution in [3.63, 3.8) is 0 Å². The second-order valence-electron chi connectivity index (χ2n) is 4.63. The lowest BCUT2D eigenvalue weighted by Gasteiger charge is -2.26. The molecule has 0 saturated heterocycles. The van der Waals surface area contributed by atoms with Crippen molar-refractivity contribution in [3.05, 3.63) is 75.1 Å². The average molecular weight is 317 g/mol. The van der Waals surface area contributed by atoms with Crippen LogP contribution in [-0.2, 0) is 0 Å². The van der Waals surface area contributed by atoms with Gasteiger partial charge in [0.1, 0.15) is 17.4 Å². The predicted molar refractivity (Wildman–Crippen MR) is 82.2 cm³/mol. The zero-order valence-electron chi connectivity index (χ0n) is 10.8. The van der Waals surface area contributed by atoms with E-state index in [9.17, 15) is 5.26 Å². The highest BCUT2D eigenvalue weighted by atomic mass is 35.5. The quantitative estimate of drug-likeness (QED) is 0.857. The Morgan fingerprint density at radius 3 is 2.57 bits per heavy atom. The molecule has 0 aliphatic carbocycles. The van der Waals surface area contributed by atoms with Gasteiger partial charge in [0.2, 0.25) is 5.88 Å².